The van der Waals surface area contributed by atoms with Crippen LogP contribution in [0.4, 0.5) is 0 Å². The highest BCUT2D eigenvalue weighted by molar-refractivity contribution is 5.67. The summed E-state index contributed by atoms with van der Waals surface area (Å²) in [6, 6.07) is 0. The van der Waals surface area contributed by atoms with Crippen LogP contribution in [0.15, 0.2) is 12.4 Å². The van der Waals surface area contributed by atoms with E-state index in [0.29, 0.717) is 12.4 Å². The Balaban J connectivity index is 2.75. The number of carbonyl (C=O) groups is 1. The average Bonchev–Trinajstić information content (AvgIpc) is 2.49. The van der Waals surface area contributed by atoms with Crippen molar-refractivity contribution >= 4 is 5.97 Å². The van der Waals surface area contributed by atoms with Crippen LogP contribution in [0.3, 0.4) is 0 Å². The molecule has 0 fully saturated rings. The van der Waals surface area contributed by atoms with E-state index in [1.54, 1.807) is 17.0 Å². The number of rotatable bonds is 4. The summed E-state index contributed by atoms with van der Waals surface area (Å²) in [6.45, 7) is 2.57. The van der Waals surface area contributed by atoms with Crippen molar-refractivity contribution in [3.63, 3.8) is 0 Å². The van der Waals surface area contributed by atoms with Gasteiger partial charge in [0.1, 0.15) is 11.9 Å². The van der Waals surface area contributed by atoms with Crippen molar-refractivity contribution in [2.24, 2.45) is 0 Å². The van der Waals surface area contributed by atoms with Crippen LogP contribution in [0.1, 0.15) is 25.3 Å². The van der Waals surface area contributed by atoms with E-state index >= 15 is 0 Å². The van der Waals surface area contributed by atoms with Crippen molar-refractivity contribution in [2.45, 2.75) is 26.0 Å². The Hall–Kier alpha value is -1.36. The first-order valence-electron chi connectivity index (χ1n) is 4.06. The second-order valence-corrected chi connectivity index (χ2v) is 2.69. The van der Waals surface area contributed by atoms with Gasteiger partial charge in [-0.05, 0) is 6.92 Å². The molecule has 0 aromatic carbocycles. The van der Waals surface area contributed by atoms with E-state index < -0.39 is 12.1 Å². The standard InChI is InChI=1S/C8H12N2O3/c1-2-10-4-3-9-8(10)6(11)5-7(12)13/h3-4,6,11H,2,5H2,1H3,(H,12,13)/t6-/m0/s1. The SMILES string of the molecule is CCn1ccnc1[C@@H](O)CC(=O)O. The molecular formula is C8H12N2O3. The Morgan fingerprint density at radius 2 is 2.46 bits per heavy atom. The molecule has 1 atom stereocenters. The van der Waals surface area contributed by atoms with Gasteiger partial charge in [0.2, 0.25) is 0 Å². The predicted octanol–water partition coefficient (Wildman–Crippen LogP) is 0.411. The highest BCUT2D eigenvalue weighted by Crippen LogP contribution is 2.14. The zero-order valence-electron chi connectivity index (χ0n) is 7.34. The lowest BCUT2D eigenvalue weighted by Crippen LogP contribution is -2.11. The van der Waals surface area contributed by atoms with Crippen LogP contribution in [0, 0.1) is 0 Å². The second-order valence-electron chi connectivity index (χ2n) is 2.69. The van der Waals surface area contributed by atoms with Crippen molar-refractivity contribution in [1.29, 1.82) is 0 Å². The number of aliphatic carboxylic acids is 1. The van der Waals surface area contributed by atoms with E-state index in [4.69, 9.17) is 5.11 Å². The average molecular weight is 184 g/mol. The molecule has 0 spiro atoms. The number of carboxylic acids is 1. The summed E-state index contributed by atoms with van der Waals surface area (Å²) in [5.41, 5.74) is 0. The lowest BCUT2D eigenvalue weighted by Gasteiger charge is -2.09. The van der Waals surface area contributed by atoms with Gasteiger partial charge in [-0.15, -0.1) is 0 Å². The summed E-state index contributed by atoms with van der Waals surface area (Å²) in [5.74, 6) is -0.622. The number of imidazole rings is 1. The van der Waals surface area contributed by atoms with Crippen molar-refractivity contribution in [3.8, 4) is 0 Å². The topological polar surface area (TPSA) is 75.3 Å². The molecular weight excluding hydrogens is 172 g/mol. The normalized spacial score (nSPS) is 12.8. The van der Waals surface area contributed by atoms with E-state index in [2.05, 4.69) is 4.98 Å². The third kappa shape index (κ3) is 2.29. The van der Waals surface area contributed by atoms with Gasteiger partial charge in [0, 0.05) is 18.9 Å². The minimum absolute atomic E-state index is 0.309. The molecule has 13 heavy (non-hydrogen) atoms. The molecule has 1 aromatic rings. The summed E-state index contributed by atoms with van der Waals surface area (Å²) >= 11 is 0. The molecule has 2 N–H and O–H groups in total. The Kier molecular flexibility index (Phi) is 3.02. The number of aryl methyl sites for hydroxylation is 1. The summed E-state index contributed by atoms with van der Waals surface area (Å²) < 4.78 is 1.72. The highest BCUT2D eigenvalue weighted by Gasteiger charge is 2.16. The molecule has 0 aliphatic rings. The summed E-state index contributed by atoms with van der Waals surface area (Å²) in [7, 11) is 0. The van der Waals surface area contributed by atoms with Crippen LogP contribution < -0.4 is 0 Å². The van der Waals surface area contributed by atoms with E-state index in [-0.39, 0.29) is 6.42 Å². The zero-order valence-corrected chi connectivity index (χ0v) is 7.34. The molecule has 0 saturated heterocycles. The number of nitrogens with zero attached hydrogens (tertiary/aromatic N) is 2. The monoisotopic (exact) mass is 184 g/mol. The molecule has 5 nitrogen and oxygen atoms in total. The summed E-state index contributed by atoms with van der Waals surface area (Å²) in [4.78, 5) is 14.2. The van der Waals surface area contributed by atoms with Gasteiger partial charge in [-0.3, -0.25) is 4.79 Å². The van der Waals surface area contributed by atoms with Crippen molar-refractivity contribution in [2.75, 3.05) is 0 Å². The number of hydrogen-bond acceptors (Lipinski definition) is 3. The molecule has 0 saturated carbocycles. The fraction of sp³-hybridized carbons (Fsp3) is 0.500. The first-order valence-corrected chi connectivity index (χ1v) is 4.06. The molecule has 1 rings (SSSR count). The van der Waals surface area contributed by atoms with Crippen LogP contribution in [0.5, 0.6) is 0 Å². The maximum absolute atomic E-state index is 10.3. The van der Waals surface area contributed by atoms with Crippen LogP contribution in [0.25, 0.3) is 0 Å². The third-order valence-electron chi connectivity index (χ3n) is 1.75. The lowest BCUT2D eigenvalue weighted by atomic mass is 10.2. The van der Waals surface area contributed by atoms with E-state index in [0.717, 1.165) is 0 Å². The predicted molar refractivity (Wildman–Crippen MR) is 45.1 cm³/mol. The molecule has 0 aliphatic heterocycles. The van der Waals surface area contributed by atoms with Crippen molar-refractivity contribution in [3.05, 3.63) is 18.2 Å². The van der Waals surface area contributed by atoms with Crippen molar-refractivity contribution < 1.29 is 15.0 Å². The number of aromatic nitrogens is 2. The summed E-state index contributed by atoms with van der Waals surface area (Å²) in [6.07, 6.45) is 1.92. The number of aliphatic hydroxyl groups excluding tert-OH is 1. The first kappa shape index (κ1) is 9.73. The Morgan fingerprint density at radius 1 is 1.77 bits per heavy atom. The fourth-order valence-electron chi connectivity index (χ4n) is 1.14. The molecule has 0 amide bonds. The number of hydrogen-bond donors (Lipinski definition) is 2. The molecule has 72 valence electrons. The lowest BCUT2D eigenvalue weighted by molar-refractivity contribution is -0.139. The van der Waals surface area contributed by atoms with Crippen LogP contribution >= 0.6 is 0 Å². The summed E-state index contributed by atoms with van der Waals surface area (Å²) in [5, 5.41) is 17.9. The molecule has 0 aliphatic carbocycles. The third-order valence-corrected chi connectivity index (χ3v) is 1.75. The minimum Gasteiger partial charge on any atom is -0.481 e. The largest absolute Gasteiger partial charge is 0.481 e. The minimum atomic E-state index is -1.03. The van der Waals surface area contributed by atoms with Gasteiger partial charge in [0.25, 0.3) is 0 Å². The molecule has 5 heteroatoms. The van der Waals surface area contributed by atoms with E-state index in [1.165, 1.54) is 0 Å². The number of aliphatic hydroxyl groups is 1. The van der Waals surface area contributed by atoms with Gasteiger partial charge < -0.3 is 14.8 Å². The molecule has 1 heterocycles. The molecule has 1 aromatic heterocycles. The quantitative estimate of drug-likeness (QED) is 0.710. The second kappa shape index (κ2) is 4.04. The Labute approximate surface area is 75.6 Å². The fourth-order valence-corrected chi connectivity index (χ4v) is 1.14. The van der Waals surface area contributed by atoms with Gasteiger partial charge >= 0.3 is 5.97 Å². The molecule has 0 bridgehead atoms. The Morgan fingerprint density at radius 3 is 3.00 bits per heavy atom. The maximum atomic E-state index is 10.3. The van der Waals surface area contributed by atoms with Gasteiger partial charge in [-0.2, -0.15) is 0 Å². The smallest absolute Gasteiger partial charge is 0.306 e. The Bertz CT molecular complexity index is 295. The van der Waals surface area contributed by atoms with Gasteiger partial charge in [0.05, 0.1) is 6.42 Å². The van der Waals surface area contributed by atoms with Crippen LogP contribution in [-0.2, 0) is 11.3 Å². The highest BCUT2D eigenvalue weighted by atomic mass is 16.4. The molecule has 0 unspecified atom stereocenters. The van der Waals surface area contributed by atoms with E-state index in [1.807, 2.05) is 6.92 Å². The molecule has 0 radical (unpaired) electrons. The maximum Gasteiger partial charge on any atom is 0.306 e. The number of carboxylic acid groups (broad SMARTS) is 1. The van der Waals surface area contributed by atoms with Gasteiger partial charge in [-0.1, -0.05) is 0 Å². The van der Waals surface area contributed by atoms with Crippen molar-refractivity contribution in [1.82, 2.24) is 9.55 Å². The van der Waals surface area contributed by atoms with Crippen LogP contribution in [-0.4, -0.2) is 25.7 Å². The first-order chi connectivity index (χ1) is 6.15. The zero-order chi connectivity index (χ0) is 9.84. The van der Waals surface area contributed by atoms with E-state index in [9.17, 15) is 9.90 Å². The van der Waals surface area contributed by atoms with Crippen LogP contribution in [0.2, 0.25) is 0 Å². The van der Waals surface area contributed by atoms with Gasteiger partial charge in [0.15, 0.2) is 0 Å². The van der Waals surface area contributed by atoms with Gasteiger partial charge in [-0.25, -0.2) is 4.98 Å².